The van der Waals surface area contributed by atoms with Crippen LogP contribution in [0, 0.1) is 0 Å². The summed E-state index contributed by atoms with van der Waals surface area (Å²) in [5, 5.41) is 0.628. The molecule has 1 N–H and O–H groups in total. The van der Waals surface area contributed by atoms with E-state index in [4.69, 9.17) is 0 Å². The molecule has 0 radical (unpaired) electrons. The molecular formula is C16H18N6O. The number of anilines is 2. The molecule has 1 fully saturated rings. The number of fused-ring (bicyclic) bond motifs is 1. The summed E-state index contributed by atoms with van der Waals surface area (Å²) in [6.45, 7) is 3.31. The maximum atomic E-state index is 12.2. The summed E-state index contributed by atoms with van der Waals surface area (Å²) in [7, 11) is 1.90. The van der Waals surface area contributed by atoms with Crippen LogP contribution in [0.25, 0.3) is 11.0 Å². The Morgan fingerprint density at radius 1 is 1.09 bits per heavy atom. The number of hydrogen-bond donors (Lipinski definition) is 1. The third-order valence-electron chi connectivity index (χ3n) is 4.27. The van der Waals surface area contributed by atoms with Crippen molar-refractivity contribution in [2.45, 2.75) is 0 Å². The highest BCUT2D eigenvalue weighted by Gasteiger charge is 2.20. The highest BCUT2D eigenvalue weighted by atomic mass is 16.1. The van der Waals surface area contributed by atoms with Crippen molar-refractivity contribution in [3.8, 4) is 0 Å². The van der Waals surface area contributed by atoms with E-state index in [1.165, 1.54) is 0 Å². The maximum Gasteiger partial charge on any atom is 0.261 e. The van der Waals surface area contributed by atoms with Gasteiger partial charge in [0.15, 0.2) is 0 Å². The van der Waals surface area contributed by atoms with Gasteiger partial charge in [0.25, 0.3) is 5.56 Å². The van der Waals surface area contributed by atoms with Gasteiger partial charge in [-0.2, -0.15) is 4.98 Å². The Bertz CT molecular complexity index is 876. The minimum absolute atomic E-state index is 0.0854. The number of aryl methyl sites for hydroxylation is 1. The molecule has 0 unspecified atom stereocenters. The highest BCUT2D eigenvalue weighted by molar-refractivity contribution is 5.76. The van der Waals surface area contributed by atoms with E-state index < -0.39 is 0 Å². The average molecular weight is 310 g/mol. The lowest BCUT2D eigenvalue weighted by atomic mass is 10.3. The Labute approximate surface area is 133 Å². The summed E-state index contributed by atoms with van der Waals surface area (Å²) < 4.78 is 1.87. The van der Waals surface area contributed by atoms with Gasteiger partial charge in [0.1, 0.15) is 11.5 Å². The first-order chi connectivity index (χ1) is 11.2. The number of nitrogens with zero attached hydrogens (tertiary/aromatic N) is 5. The third kappa shape index (κ3) is 2.44. The zero-order valence-electron chi connectivity index (χ0n) is 12.9. The molecule has 0 saturated carbocycles. The predicted octanol–water partition coefficient (Wildman–Crippen LogP) is 0.983. The van der Waals surface area contributed by atoms with Crippen LogP contribution in [0.3, 0.4) is 0 Å². The molecule has 4 rings (SSSR count). The second kappa shape index (κ2) is 5.42. The van der Waals surface area contributed by atoms with E-state index in [1.807, 2.05) is 42.2 Å². The summed E-state index contributed by atoms with van der Waals surface area (Å²) in [4.78, 5) is 28.5. The van der Waals surface area contributed by atoms with Gasteiger partial charge in [0.05, 0.1) is 5.39 Å². The molecule has 0 spiro atoms. The SMILES string of the molecule is Cn1ccc2c(=O)[nH]c(N3CCN(c4ccccn4)CC3)nc21. The molecule has 1 saturated heterocycles. The van der Waals surface area contributed by atoms with E-state index in [1.54, 1.807) is 6.07 Å². The fraction of sp³-hybridized carbons (Fsp3) is 0.312. The van der Waals surface area contributed by atoms with Gasteiger partial charge in [-0.05, 0) is 18.2 Å². The molecule has 3 aromatic rings. The second-order valence-corrected chi connectivity index (χ2v) is 5.72. The number of aromatic amines is 1. The van der Waals surface area contributed by atoms with Gasteiger partial charge in [-0.25, -0.2) is 4.98 Å². The van der Waals surface area contributed by atoms with E-state index in [0.29, 0.717) is 11.3 Å². The Morgan fingerprint density at radius 2 is 1.87 bits per heavy atom. The lowest BCUT2D eigenvalue weighted by Gasteiger charge is -2.35. The second-order valence-electron chi connectivity index (χ2n) is 5.72. The molecule has 7 nitrogen and oxygen atoms in total. The van der Waals surface area contributed by atoms with Crippen LogP contribution in [-0.2, 0) is 7.05 Å². The van der Waals surface area contributed by atoms with Crippen molar-refractivity contribution in [2.75, 3.05) is 36.0 Å². The quantitative estimate of drug-likeness (QED) is 0.764. The van der Waals surface area contributed by atoms with Crippen LogP contribution < -0.4 is 15.4 Å². The Kier molecular flexibility index (Phi) is 3.25. The largest absolute Gasteiger partial charge is 0.353 e. The first-order valence-electron chi connectivity index (χ1n) is 7.68. The lowest BCUT2D eigenvalue weighted by Crippen LogP contribution is -2.47. The molecule has 23 heavy (non-hydrogen) atoms. The van der Waals surface area contributed by atoms with E-state index in [-0.39, 0.29) is 5.56 Å². The van der Waals surface area contributed by atoms with Crippen molar-refractivity contribution in [3.05, 3.63) is 47.0 Å². The van der Waals surface area contributed by atoms with Crippen LogP contribution in [0.4, 0.5) is 11.8 Å². The Hall–Kier alpha value is -2.83. The van der Waals surface area contributed by atoms with Crippen molar-refractivity contribution >= 4 is 22.8 Å². The number of H-pyrrole nitrogens is 1. The Balaban J connectivity index is 1.57. The zero-order valence-corrected chi connectivity index (χ0v) is 12.9. The fourth-order valence-corrected chi connectivity index (χ4v) is 2.97. The molecule has 0 bridgehead atoms. The van der Waals surface area contributed by atoms with Gasteiger partial charge >= 0.3 is 0 Å². The van der Waals surface area contributed by atoms with E-state index in [0.717, 1.165) is 37.6 Å². The van der Waals surface area contributed by atoms with Crippen LogP contribution in [0.15, 0.2) is 41.5 Å². The number of pyridine rings is 1. The molecule has 1 aliphatic heterocycles. The van der Waals surface area contributed by atoms with Crippen LogP contribution in [0.2, 0.25) is 0 Å². The normalized spacial score (nSPS) is 15.3. The number of rotatable bonds is 2. The summed E-state index contributed by atoms with van der Waals surface area (Å²) in [5.41, 5.74) is 0.633. The maximum absolute atomic E-state index is 12.2. The topological polar surface area (TPSA) is 70.1 Å². The number of aromatic nitrogens is 4. The number of hydrogen-bond acceptors (Lipinski definition) is 5. The summed E-state index contributed by atoms with van der Waals surface area (Å²) in [6.07, 6.45) is 3.67. The van der Waals surface area contributed by atoms with Crippen LogP contribution in [0.1, 0.15) is 0 Å². The first-order valence-corrected chi connectivity index (χ1v) is 7.68. The summed E-state index contributed by atoms with van der Waals surface area (Å²) in [6, 6.07) is 7.73. The first kappa shape index (κ1) is 13.8. The molecule has 1 aliphatic rings. The van der Waals surface area contributed by atoms with Crippen molar-refractivity contribution in [3.63, 3.8) is 0 Å². The van der Waals surface area contributed by atoms with Crippen LogP contribution >= 0.6 is 0 Å². The van der Waals surface area contributed by atoms with Gasteiger partial charge in [-0.1, -0.05) is 6.07 Å². The molecule has 118 valence electrons. The number of piperazine rings is 1. The molecule has 3 aromatic heterocycles. The molecule has 0 amide bonds. The van der Waals surface area contributed by atoms with E-state index in [2.05, 4.69) is 24.8 Å². The molecule has 7 heteroatoms. The van der Waals surface area contributed by atoms with Crippen molar-refractivity contribution in [1.82, 2.24) is 19.5 Å². The van der Waals surface area contributed by atoms with Crippen molar-refractivity contribution in [1.29, 1.82) is 0 Å². The molecule has 4 heterocycles. The monoisotopic (exact) mass is 310 g/mol. The van der Waals surface area contributed by atoms with Gasteiger partial charge in [0, 0.05) is 45.6 Å². The minimum atomic E-state index is -0.0854. The van der Waals surface area contributed by atoms with Gasteiger partial charge in [-0.15, -0.1) is 0 Å². The summed E-state index contributed by atoms with van der Waals surface area (Å²) in [5.74, 6) is 1.64. The highest BCUT2D eigenvalue weighted by Crippen LogP contribution is 2.17. The van der Waals surface area contributed by atoms with Gasteiger partial charge in [0.2, 0.25) is 5.95 Å². The standard InChI is InChI=1S/C16H18N6O/c1-20-7-5-12-14(20)18-16(19-15(12)23)22-10-8-21(9-11-22)13-4-2-3-6-17-13/h2-7H,8-11H2,1H3,(H,18,19,23). The fourth-order valence-electron chi connectivity index (χ4n) is 2.97. The lowest BCUT2D eigenvalue weighted by molar-refractivity contribution is 0.634. The van der Waals surface area contributed by atoms with E-state index >= 15 is 0 Å². The van der Waals surface area contributed by atoms with Crippen LogP contribution in [-0.4, -0.2) is 45.7 Å². The molecular weight excluding hydrogens is 292 g/mol. The van der Waals surface area contributed by atoms with E-state index in [9.17, 15) is 4.79 Å². The minimum Gasteiger partial charge on any atom is -0.353 e. The predicted molar refractivity (Wildman–Crippen MR) is 90.0 cm³/mol. The smallest absolute Gasteiger partial charge is 0.261 e. The third-order valence-corrected chi connectivity index (χ3v) is 4.27. The van der Waals surface area contributed by atoms with Gasteiger partial charge < -0.3 is 14.4 Å². The zero-order chi connectivity index (χ0) is 15.8. The molecule has 0 aromatic carbocycles. The van der Waals surface area contributed by atoms with Crippen molar-refractivity contribution < 1.29 is 0 Å². The van der Waals surface area contributed by atoms with Crippen LogP contribution in [0.5, 0.6) is 0 Å². The molecule has 0 atom stereocenters. The summed E-state index contributed by atoms with van der Waals surface area (Å²) >= 11 is 0. The van der Waals surface area contributed by atoms with Crippen molar-refractivity contribution in [2.24, 2.45) is 7.05 Å². The number of nitrogens with one attached hydrogen (secondary N) is 1. The molecule has 0 aliphatic carbocycles. The van der Waals surface area contributed by atoms with Gasteiger partial charge in [-0.3, -0.25) is 9.78 Å². The Morgan fingerprint density at radius 3 is 2.61 bits per heavy atom. The average Bonchev–Trinajstić information content (AvgIpc) is 2.98.